The highest BCUT2D eigenvalue weighted by molar-refractivity contribution is 5.64. The van der Waals surface area contributed by atoms with Crippen molar-refractivity contribution in [2.45, 2.75) is 43.9 Å². The molecular weight excluding hydrogens is 480 g/mol. The van der Waals surface area contributed by atoms with E-state index in [-0.39, 0.29) is 35.8 Å². The van der Waals surface area contributed by atoms with E-state index < -0.39 is 23.0 Å². The van der Waals surface area contributed by atoms with Crippen molar-refractivity contribution in [2.24, 2.45) is 5.41 Å². The molecule has 0 amide bonds. The Balaban J connectivity index is 1.45. The summed E-state index contributed by atoms with van der Waals surface area (Å²) >= 11 is 0. The molecule has 3 aromatic heterocycles. The van der Waals surface area contributed by atoms with Gasteiger partial charge in [-0.1, -0.05) is 19.9 Å². The summed E-state index contributed by atoms with van der Waals surface area (Å²) < 4.78 is 30.4. The molecule has 2 bridgehead atoms. The molecule has 2 atom stereocenters. The van der Waals surface area contributed by atoms with Crippen LogP contribution in [-0.4, -0.2) is 58.4 Å². The van der Waals surface area contributed by atoms with Crippen LogP contribution in [0, 0.1) is 17.0 Å². The summed E-state index contributed by atoms with van der Waals surface area (Å²) in [4.78, 5) is 13.4. The third kappa shape index (κ3) is 3.27. The van der Waals surface area contributed by atoms with Gasteiger partial charge < -0.3 is 10.2 Å². The lowest BCUT2D eigenvalue weighted by Crippen LogP contribution is -2.38. The molecule has 3 heterocycles. The first kappa shape index (κ1) is 23.7. The van der Waals surface area contributed by atoms with E-state index in [1.54, 1.807) is 12.3 Å². The fourth-order valence-electron chi connectivity index (χ4n) is 6.23. The van der Waals surface area contributed by atoms with Gasteiger partial charge in [0.15, 0.2) is 5.82 Å². The summed E-state index contributed by atoms with van der Waals surface area (Å²) in [5.41, 5.74) is 1.57. The molecule has 2 aliphatic rings. The van der Waals surface area contributed by atoms with Crippen LogP contribution in [0.5, 0.6) is 0 Å². The number of fused-ring (bicyclic) bond motifs is 5. The Bertz CT molecular complexity index is 1480. The molecule has 0 aliphatic heterocycles. The smallest absolute Gasteiger partial charge is 0.252 e. The second-order valence-corrected chi connectivity index (χ2v) is 10.2. The van der Waals surface area contributed by atoms with Gasteiger partial charge in [-0.05, 0) is 54.0 Å². The van der Waals surface area contributed by atoms with Crippen molar-refractivity contribution in [3.05, 3.63) is 77.3 Å². The third-order valence-electron chi connectivity index (χ3n) is 8.20. The predicted molar refractivity (Wildman–Crippen MR) is 128 cm³/mol. The molecule has 6 rings (SSSR count). The Morgan fingerprint density at radius 3 is 2.57 bits per heavy atom. The zero-order valence-electron chi connectivity index (χ0n) is 20.3. The van der Waals surface area contributed by atoms with Gasteiger partial charge >= 0.3 is 0 Å². The molecule has 1 saturated carbocycles. The normalized spacial score (nSPS) is 21.5. The molecule has 11 heteroatoms. The fourth-order valence-corrected chi connectivity index (χ4v) is 6.23. The largest absolute Gasteiger partial charge is 0.396 e. The molecule has 2 N–H and O–H groups in total. The topological polar surface area (TPSA) is 123 Å². The van der Waals surface area contributed by atoms with Crippen molar-refractivity contribution in [2.75, 3.05) is 13.2 Å². The van der Waals surface area contributed by atoms with Crippen LogP contribution in [0.2, 0.25) is 0 Å². The monoisotopic (exact) mass is 505 g/mol. The number of aromatic nitrogens is 7. The van der Waals surface area contributed by atoms with Crippen LogP contribution < -0.4 is 0 Å². The van der Waals surface area contributed by atoms with E-state index in [2.05, 4.69) is 39.1 Å². The summed E-state index contributed by atoms with van der Waals surface area (Å²) in [6.07, 6.45) is 4.76. The van der Waals surface area contributed by atoms with Crippen LogP contribution in [0.15, 0.2) is 42.9 Å². The molecule has 0 unspecified atom stereocenters. The summed E-state index contributed by atoms with van der Waals surface area (Å²) in [5, 5.41) is 32.1. The molecule has 4 aromatic rings. The van der Waals surface area contributed by atoms with E-state index in [4.69, 9.17) is 4.98 Å². The average Bonchev–Trinajstić information content (AvgIpc) is 3.53. The number of nitrogens with zero attached hydrogens (tertiary/aromatic N) is 7. The number of halogens is 2. The third-order valence-corrected chi connectivity index (χ3v) is 8.20. The molecular formula is C26H25F2N7O2. The van der Waals surface area contributed by atoms with Crippen LogP contribution >= 0.6 is 0 Å². The van der Waals surface area contributed by atoms with Crippen molar-refractivity contribution in [3.8, 4) is 17.2 Å². The standard InChI is InChI=1S/C26H25F2N7O2/c1-25(2)16-6-8-26(25,22-15(16)10-19(32-33-22)21-17(27)4-3-5-18(21)28)20-7-9-29-24(31-20)35-13-30-23(34-35)14(11-36)12-37/h3-5,7,9-10,13-14,16,36-37H,6,8,11-12H2,1-2H3/t16-,26+/m0/s1. The average molecular weight is 506 g/mol. The zero-order valence-corrected chi connectivity index (χ0v) is 20.3. The van der Waals surface area contributed by atoms with Crippen molar-refractivity contribution in [3.63, 3.8) is 0 Å². The molecule has 190 valence electrons. The highest BCUT2D eigenvalue weighted by Crippen LogP contribution is 2.69. The first-order valence-corrected chi connectivity index (χ1v) is 12.1. The lowest BCUT2D eigenvalue weighted by atomic mass is 9.66. The summed E-state index contributed by atoms with van der Waals surface area (Å²) in [7, 11) is 0. The molecule has 1 fully saturated rings. The second-order valence-electron chi connectivity index (χ2n) is 10.2. The van der Waals surface area contributed by atoms with E-state index >= 15 is 0 Å². The van der Waals surface area contributed by atoms with Gasteiger partial charge in [-0.15, -0.1) is 10.2 Å². The van der Waals surface area contributed by atoms with Gasteiger partial charge in [-0.25, -0.2) is 23.7 Å². The number of benzene rings is 1. The van der Waals surface area contributed by atoms with Gasteiger partial charge in [0.25, 0.3) is 5.95 Å². The van der Waals surface area contributed by atoms with E-state index in [9.17, 15) is 19.0 Å². The fraction of sp³-hybridized carbons (Fsp3) is 0.385. The Morgan fingerprint density at radius 2 is 1.84 bits per heavy atom. The SMILES string of the molecule is CC1(C)[C@H]2CC[C@@]1(c1ccnc(-n3cnc(C(CO)CO)n3)n1)c1nnc(-c3c(F)cccc3F)cc12. The first-order valence-electron chi connectivity index (χ1n) is 12.1. The minimum Gasteiger partial charge on any atom is -0.396 e. The van der Waals surface area contributed by atoms with E-state index in [0.29, 0.717) is 11.8 Å². The summed E-state index contributed by atoms with van der Waals surface area (Å²) in [6, 6.07) is 7.38. The van der Waals surface area contributed by atoms with Gasteiger partial charge in [0.1, 0.15) is 18.0 Å². The first-order chi connectivity index (χ1) is 17.8. The van der Waals surface area contributed by atoms with Crippen molar-refractivity contribution < 1.29 is 19.0 Å². The molecule has 1 aromatic carbocycles. The maximum Gasteiger partial charge on any atom is 0.252 e. The van der Waals surface area contributed by atoms with Crippen LogP contribution in [0.3, 0.4) is 0 Å². The minimum absolute atomic E-state index is 0.109. The molecule has 9 nitrogen and oxygen atoms in total. The van der Waals surface area contributed by atoms with Crippen LogP contribution in [-0.2, 0) is 5.41 Å². The molecule has 0 spiro atoms. The predicted octanol–water partition coefficient (Wildman–Crippen LogP) is 3.06. The lowest BCUT2D eigenvalue weighted by Gasteiger charge is -2.37. The van der Waals surface area contributed by atoms with Crippen LogP contribution in [0.1, 0.15) is 61.3 Å². The van der Waals surface area contributed by atoms with Crippen molar-refractivity contribution >= 4 is 0 Å². The Hall–Kier alpha value is -3.70. The zero-order chi connectivity index (χ0) is 25.9. The van der Waals surface area contributed by atoms with Gasteiger partial charge in [0.2, 0.25) is 0 Å². The van der Waals surface area contributed by atoms with E-state index in [1.165, 1.54) is 29.2 Å². The highest BCUT2D eigenvalue weighted by atomic mass is 19.1. The number of hydrogen-bond acceptors (Lipinski definition) is 8. The molecule has 37 heavy (non-hydrogen) atoms. The van der Waals surface area contributed by atoms with Crippen LogP contribution in [0.25, 0.3) is 17.2 Å². The van der Waals surface area contributed by atoms with Gasteiger partial charge in [-0.2, -0.15) is 9.78 Å². The quantitative estimate of drug-likeness (QED) is 0.410. The van der Waals surface area contributed by atoms with Gasteiger partial charge in [-0.3, -0.25) is 0 Å². The molecule has 0 radical (unpaired) electrons. The van der Waals surface area contributed by atoms with E-state index in [1.807, 2.05) is 6.07 Å². The number of aliphatic hydroxyl groups excluding tert-OH is 2. The van der Waals surface area contributed by atoms with Gasteiger partial charge in [0.05, 0.1) is 47.2 Å². The second kappa shape index (κ2) is 8.42. The summed E-state index contributed by atoms with van der Waals surface area (Å²) in [6.45, 7) is 3.76. The van der Waals surface area contributed by atoms with Crippen molar-refractivity contribution in [1.82, 2.24) is 34.9 Å². The summed E-state index contributed by atoms with van der Waals surface area (Å²) in [5.74, 6) is -1.25. The lowest BCUT2D eigenvalue weighted by molar-refractivity contribution is 0.188. The van der Waals surface area contributed by atoms with E-state index in [0.717, 1.165) is 29.8 Å². The Morgan fingerprint density at radius 1 is 1.08 bits per heavy atom. The van der Waals surface area contributed by atoms with Crippen LogP contribution in [0.4, 0.5) is 8.78 Å². The number of aliphatic hydroxyl groups is 2. The Kier molecular flexibility index (Phi) is 5.39. The highest BCUT2D eigenvalue weighted by Gasteiger charge is 2.65. The minimum atomic E-state index is -0.677. The van der Waals surface area contributed by atoms with Gasteiger partial charge in [0, 0.05) is 6.20 Å². The number of rotatable bonds is 6. The molecule has 0 saturated heterocycles. The maximum atomic E-state index is 14.5. The number of hydrogen-bond donors (Lipinski definition) is 2. The Labute approximate surface area is 211 Å². The maximum absolute atomic E-state index is 14.5. The molecule has 2 aliphatic carbocycles. The van der Waals surface area contributed by atoms with Crippen molar-refractivity contribution in [1.29, 1.82) is 0 Å².